The normalized spacial score (nSPS) is 12.4. The molecule has 4 heteroatoms. The van der Waals surface area contributed by atoms with Gasteiger partial charge in [0.2, 0.25) is 0 Å². The van der Waals surface area contributed by atoms with Crippen molar-refractivity contribution < 1.29 is 9.26 Å². The van der Waals surface area contributed by atoms with Crippen molar-refractivity contribution in [1.82, 2.24) is 10.5 Å². The van der Waals surface area contributed by atoms with Gasteiger partial charge in [-0.3, -0.25) is 0 Å². The number of nitrogens with zero attached hydrogens (tertiary/aromatic N) is 1. The van der Waals surface area contributed by atoms with Gasteiger partial charge in [-0.2, -0.15) is 0 Å². The Balaban J connectivity index is 2.39. The van der Waals surface area contributed by atoms with Crippen LogP contribution < -0.4 is 5.32 Å². The molecule has 0 spiro atoms. The smallest absolute Gasteiger partial charge is 0.162 e. The summed E-state index contributed by atoms with van der Waals surface area (Å²) in [5, 5.41) is 7.26. The standard InChI is InChI=1S/C12H22N2O2/c1-9(2)13-7-10-6-11(16-14-10)8-15-12(3,4)5/h6,9,13H,7-8H2,1-5H3. The highest BCUT2D eigenvalue weighted by atomic mass is 16.5. The molecule has 0 aliphatic rings. The van der Waals surface area contributed by atoms with Crippen LogP contribution in [0, 0.1) is 0 Å². The summed E-state index contributed by atoms with van der Waals surface area (Å²) in [6, 6.07) is 2.38. The molecule has 0 fully saturated rings. The zero-order chi connectivity index (χ0) is 12.2. The monoisotopic (exact) mass is 226 g/mol. The molecule has 0 saturated heterocycles. The van der Waals surface area contributed by atoms with Crippen molar-refractivity contribution >= 4 is 0 Å². The topological polar surface area (TPSA) is 47.3 Å². The van der Waals surface area contributed by atoms with Gasteiger partial charge in [-0.15, -0.1) is 0 Å². The molecular weight excluding hydrogens is 204 g/mol. The third-order valence-electron chi connectivity index (χ3n) is 1.95. The highest BCUT2D eigenvalue weighted by Gasteiger charge is 2.12. The molecule has 1 aromatic heterocycles. The summed E-state index contributed by atoms with van der Waals surface area (Å²) in [7, 11) is 0. The third kappa shape index (κ3) is 5.28. The Bertz CT molecular complexity index is 313. The molecule has 0 saturated carbocycles. The van der Waals surface area contributed by atoms with Crippen molar-refractivity contribution in [2.24, 2.45) is 0 Å². The maximum atomic E-state index is 5.60. The van der Waals surface area contributed by atoms with Gasteiger partial charge in [0.05, 0.1) is 11.3 Å². The predicted octanol–water partition coefficient (Wildman–Crippen LogP) is 2.49. The largest absolute Gasteiger partial charge is 0.368 e. The van der Waals surface area contributed by atoms with Crippen LogP contribution in [0.4, 0.5) is 0 Å². The number of hydrogen-bond donors (Lipinski definition) is 1. The maximum absolute atomic E-state index is 5.60. The summed E-state index contributed by atoms with van der Waals surface area (Å²) in [6.45, 7) is 11.5. The van der Waals surface area contributed by atoms with Gasteiger partial charge in [0.1, 0.15) is 6.61 Å². The second-order valence-corrected chi connectivity index (χ2v) is 5.22. The molecule has 0 atom stereocenters. The highest BCUT2D eigenvalue weighted by molar-refractivity contribution is 5.04. The zero-order valence-corrected chi connectivity index (χ0v) is 10.8. The van der Waals surface area contributed by atoms with Crippen molar-refractivity contribution in [3.8, 4) is 0 Å². The van der Waals surface area contributed by atoms with Crippen molar-refractivity contribution in [2.45, 2.75) is 59.4 Å². The maximum Gasteiger partial charge on any atom is 0.162 e. The SMILES string of the molecule is CC(C)NCc1cc(COC(C)(C)C)on1. The van der Waals surface area contributed by atoms with Crippen molar-refractivity contribution in [2.75, 3.05) is 0 Å². The van der Waals surface area contributed by atoms with Gasteiger partial charge in [0.25, 0.3) is 0 Å². The second kappa shape index (κ2) is 5.46. The van der Waals surface area contributed by atoms with Crippen LogP contribution in [0.25, 0.3) is 0 Å². The molecule has 0 unspecified atom stereocenters. The van der Waals surface area contributed by atoms with Gasteiger partial charge in [-0.05, 0) is 20.8 Å². The lowest BCUT2D eigenvalue weighted by atomic mass is 10.2. The minimum absolute atomic E-state index is 0.150. The molecule has 16 heavy (non-hydrogen) atoms. The minimum atomic E-state index is -0.150. The Kier molecular flexibility index (Phi) is 4.50. The van der Waals surface area contributed by atoms with E-state index >= 15 is 0 Å². The van der Waals surface area contributed by atoms with E-state index in [0.717, 1.165) is 18.0 Å². The lowest BCUT2D eigenvalue weighted by Gasteiger charge is -2.17. The van der Waals surface area contributed by atoms with E-state index in [9.17, 15) is 0 Å². The Morgan fingerprint density at radius 3 is 2.69 bits per heavy atom. The van der Waals surface area contributed by atoms with Crippen LogP contribution >= 0.6 is 0 Å². The average molecular weight is 226 g/mol. The van der Waals surface area contributed by atoms with Gasteiger partial charge in [0.15, 0.2) is 5.76 Å². The second-order valence-electron chi connectivity index (χ2n) is 5.22. The lowest BCUT2D eigenvalue weighted by molar-refractivity contribution is -0.0241. The fraction of sp³-hybridized carbons (Fsp3) is 0.750. The van der Waals surface area contributed by atoms with Crippen LogP contribution in [-0.4, -0.2) is 16.8 Å². The molecule has 4 nitrogen and oxygen atoms in total. The van der Waals surface area contributed by atoms with E-state index in [1.807, 2.05) is 26.8 Å². The van der Waals surface area contributed by atoms with Gasteiger partial charge >= 0.3 is 0 Å². The lowest BCUT2D eigenvalue weighted by Crippen LogP contribution is -2.21. The van der Waals surface area contributed by atoms with E-state index in [0.29, 0.717) is 12.6 Å². The van der Waals surface area contributed by atoms with Crippen LogP contribution in [0.2, 0.25) is 0 Å². The van der Waals surface area contributed by atoms with E-state index in [2.05, 4.69) is 24.3 Å². The fourth-order valence-electron chi connectivity index (χ4n) is 1.10. The number of aromatic nitrogens is 1. The van der Waals surface area contributed by atoms with E-state index < -0.39 is 0 Å². The van der Waals surface area contributed by atoms with E-state index in [4.69, 9.17) is 9.26 Å². The Morgan fingerprint density at radius 1 is 1.44 bits per heavy atom. The molecular formula is C12H22N2O2. The van der Waals surface area contributed by atoms with Gasteiger partial charge < -0.3 is 14.6 Å². The minimum Gasteiger partial charge on any atom is -0.368 e. The molecule has 0 aromatic carbocycles. The first-order chi connectivity index (χ1) is 7.37. The van der Waals surface area contributed by atoms with Crippen LogP contribution in [0.5, 0.6) is 0 Å². The first-order valence-corrected chi connectivity index (χ1v) is 5.68. The Labute approximate surface area is 97.3 Å². The van der Waals surface area contributed by atoms with Gasteiger partial charge in [-0.1, -0.05) is 19.0 Å². The van der Waals surface area contributed by atoms with Crippen LogP contribution in [0.3, 0.4) is 0 Å². The molecule has 0 aliphatic carbocycles. The molecule has 1 heterocycles. The van der Waals surface area contributed by atoms with E-state index in [1.54, 1.807) is 0 Å². The molecule has 0 aliphatic heterocycles. The quantitative estimate of drug-likeness (QED) is 0.838. The Hall–Kier alpha value is -0.870. The molecule has 1 aromatic rings. The summed E-state index contributed by atoms with van der Waals surface area (Å²) in [5.41, 5.74) is 0.768. The summed E-state index contributed by atoms with van der Waals surface area (Å²) < 4.78 is 10.8. The Morgan fingerprint density at radius 2 is 2.12 bits per heavy atom. The zero-order valence-electron chi connectivity index (χ0n) is 10.8. The molecule has 0 bridgehead atoms. The van der Waals surface area contributed by atoms with Crippen LogP contribution in [0.15, 0.2) is 10.6 Å². The molecule has 92 valence electrons. The number of hydrogen-bond acceptors (Lipinski definition) is 4. The summed E-state index contributed by atoms with van der Waals surface area (Å²) in [6.07, 6.45) is 0. The molecule has 1 rings (SSSR count). The number of ether oxygens (including phenoxy) is 1. The van der Waals surface area contributed by atoms with Crippen LogP contribution in [0.1, 0.15) is 46.1 Å². The van der Waals surface area contributed by atoms with Gasteiger partial charge in [0, 0.05) is 18.7 Å². The average Bonchev–Trinajstić information content (AvgIpc) is 2.58. The number of nitrogens with one attached hydrogen (secondary N) is 1. The summed E-state index contributed by atoms with van der Waals surface area (Å²) in [4.78, 5) is 0. The fourth-order valence-corrected chi connectivity index (χ4v) is 1.10. The van der Waals surface area contributed by atoms with Crippen molar-refractivity contribution in [1.29, 1.82) is 0 Å². The first-order valence-electron chi connectivity index (χ1n) is 5.68. The van der Waals surface area contributed by atoms with Crippen molar-refractivity contribution in [3.63, 3.8) is 0 Å². The van der Waals surface area contributed by atoms with Gasteiger partial charge in [-0.25, -0.2) is 0 Å². The van der Waals surface area contributed by atoms with Crippen molar-refractivity contribution in [3.05, 3.63) is 17.5 Å². The summed E-state index contributed by atoms with van der Waals surface area (Å²) in [5.74, 6) is 0.774. The summed E-state index contributed by atoms with van der Waals surface area (Å²) >= 11 is 0. The number of rotatable bonds is 5. The van der Waals surface area contributed by atoms with E-state index in [-0.39, 0.29) is 5.60 Å². The molecule has 1 N–H and O–H groups in total. The van der Waals surface area contributed by atoms with E-state index in [1.165, 1.54) is 0 Å². The first kappa shape index (κ1) is 13.2. The van der Waals surface area contributed by atoms with Crippen LogP contribution in [-0.2, 0) is 17.9 Å². The molecule has 0 amide bonds. The third-order valence-corrected chi connectivity index (χ3v) is 1.95. The predicted molar refractivity (Wildman–Crippen MR) is 63.0 cm³/mol. The highest BCUT2D eigenvalue weighted by Crippen LogP contribution is 2.12. The molecule has 0 radical (unpaired) electrons.